The Morgan fingerprint density at radius 2 is 1.77 bits per heavy atom. The maximum Gasteiger partial charge on any atom is 0.335 e. The van der Waals surface area contributed by atoms with Crippen LogP contribution in [0, 0.1) is 0 Å². The van der Waals surface area contributed by atoms with Crippen LogP contribution in [-0.2, 0) is 17.9 Å². The molecule has 0 radical (unpaired) electrons. The van der Waals surface area contributed by atoms with Crippen molar-refractivity contribution >= 4 is 61.7 Å². The van der Waals surface area contributed by atoms with Gasteiger partial charge in [-0.05, 0) is 85.5 Å². The summed E-state index contributed by atoms with van der Waals surface area (Å²) in [7, 11) is 1.51. The molecule has 0 atom stereocenters. The number of halogens is 1. The first kappa shape index (κ1) is 26.5. The van der Waals surface area contributed by atoms with Gasteiger partial charge in [0, 0.05) is 0 Å². The minimum atomic E-state index is -0.992. The lowest BCUT2D eigenvalue weighted by atomic mass is 10.0. The van der Waals surface area contributed by atoms with E-state index in [9.17, 15) is 14.4 Å². The number of nitrogens with zero attached hydrogens (tertiary/aromatic N) is 1. The average molecular weight is 604 g/mol. The number of thioether (sulfide) groups is 1. The first-order valence-corrected chi connectivity index (χ1v) is 13.5. The highest BCUT2D eigenvalue weighted by molar-refractivity contribution is 9.10. The van der Waals surface area contributed by atoms with E-state index in [1.54, 1.807) is 30.3 Å². The minimum Gasteiger partial charge on any atom is -0.493 e. The molecule has 1 aliphatic rings. The number of imide groups is 1. The fourth-order valence-corrected chi connectivity index (χ4v) is 5.66. The lowest BCUT2D eigenvalue weighted by Gasteiger charge is -2.15. The van der Waals surface area contributed by atoms with Crippen molar-refractivity contribution in [2.24, 2.45) is 0 Å². The van der Waals surface area contributed by atoms with Gasteiger partial charge in [0.05, 0.1) is 28.6 Å². The zero-order chi connectivity index (χ0) is 27.5. The van der Waals surface area contributed by atoms with Crippen LogP contribution in [0.4, 0.5) is 4.79 Å². The molecule has 0 spiro atoms. The number of hydrogen-bond donors (Lipinski definition) is 1. The molecule has 0 aliphatic carbocycles. The minimum absolute atomic E-state index is 0.191. The Bertz CT molecular complexity index is 1630. The molecule has 1 N–H and O–H groups in total. The summed E-state index contributed by atoms with van der Waals surface area (Å²) in [6.45, 7) is 0.387. The molecule has 1 heterocycles. The number of carbonyl (C=O) groups excluding carboxylic acids is 2. The monoisotopic (exact) mass is 603 g/mol. The Labute approximate surface area is 237 Å². The van der Waals surface area contributed by atoms with Crippen molar-refractivity contribution < 1.29 is 29.0 Å². The lowest BCUT2D eigenvalue weighted by Crippen LogP contribution is -2.27. The second-order valence-electron chi connectivity index (χ2n) is 8.73. The van der Waals surface area contributed by atoms with Crippen molar-refractivity contribution in [3.63, 3.8) is 0 Å². The summed E-state index contributed by atoms with van der Waals surface area (Å²) in [5.74, 6) is -0.444. The third-order valence-electron chi connectivity index (χ3n) is 6.22. The van der Waals surface area contributed by atoms with Crippen molar-refractivity contribution in [3.05, 3.63) is 110 Å². The number of methoxy groups -OCH3 is 1. The summed E-state index contributed by atoms with van der Waals surface area (Å²) in [6, 6.07) is 23.6. The van der Waals surface area contributed by atoms with E-state index >= 15 is 0 Å². The predicted molar refractivity (Wildman–Crippen MR) is 154 cm³/mol. The van der Waals surface area contributed by atoms with E-state index in [2.05, 4.69) is 15.9 Å². The van der Waals surface area contributed by atoms with Crippen molar-refractivity contribution in [2.75, 3.05) is 7.11 Å². The van der Waals surface area contributed by atoms with Crippen LogP contribution in [0.15, 0.2) is 88.2 Å². The van der Waals surface area contributed by atoms with E-state index in [1.807, 2.05) is 42.5 Å². The number of carboxylic acid groups (broad SMARTS) is 1. The van der Waals surface area contributed by atoms with Crippen molar-refractivity contribution in [3.8, 4) is 11.5 Å². The second-order valence-corrected chi connectivity index (χ2v) is 10.6. The molecule has 0 saturated carbocycles. The topological polar surface area (TPSA) is 93.1 Å². The molecule has 1 aliphatic heterocycles. The quantitative estimate of drug-likeness (QED) is 0.214. The van der Waals surface area contributed by atoms with E-state index < -0.39 is 5.97 Å². The number of aromatic carboxylic acids is 1. The van der Waals surface area contributed by atoms with Gasteiger partial charge >= 0.3 is 5.97 Å². The number of fused-ring (bicyclic) bond motifs is 1. The smallest absolute Gasteiger partial charge is 0.335 e. The Morgan fingerprint density at radius 1 is 1.03 bits per heavy atom. The molecule has 7 nitrogen and oxygen atoms in total. The molecule has 0 unspecified atom stereocenters. The highest BCUT2D eigenvalue weighted by Crippen LogP contribution is 2.40. The molecule has 0 aromatic heterocycles. The van der Waals surface area contributed by atoms with Crippen LogP contribution in [0.3, 0.4) is 0 Å². The molecule has 4 aromatic carbocycles. The first-order valence-electron chi connectivity index (χ1n) is 11.9. The van der Waals surface area contributed by atoms with Gasteiger partial charge in [-0.3, -0.25) is 14.5 Å². The van der Waals surface area contributed by atoms with Gasteiger partial charge in [0.1, 0.15) is 6.61 Å². The van der Waals surface area contributed by atoms with Gasteiger partial charge < -0.3 is 14.6 Å². The van der Waals surface area contributed by atoms with Gasteiger partial charge in [0.15, 0.2) is 11.5 Å². The summed E-state index contributed by atoms with van der Waals surface area (Å²) in [4.78, 5) is 38.6. The van der Waals surface area contributed by atoms with Crippen LogP contribution in [0.1, 0.15) is 27.0 Å². The molecule has 5 rings (SSSR count). The molecule has 9 heteroatoms. The van der Waals surface area contributed by atoms with Crippen LogP contribution < -0.4 is 9.47 Å². The molecule has 196 valence electrons. The Hall–Kier alpha value is -4.08. The van der Waals surface area contributed by atoms with E-state index in [1.165, 1.54) is 24.1 Å². The Morgan fingerprint density at radius 3 is 2.51 bits per heavy atom. The summed E-state index contributed by atoms with van der Waals surface area (Å²) in [5.41, 5.74) is 2.55. The summed E-state index contributed by atoms with van der Waals surface area (Å²) in [5, 5.41) is 10.8. The van der Waals surface area contributed by atoms with Gasteiger partial charge in [-0.15, -0.1) is 0 Å². The largest absolute Gasteiger partial charge is 0.493 e. The van der Waals surface area contributed by atoms with E-state index in [-0.39, 0.29) is 29.9 Å². The van der Waals surface area contributed by atoms with E-state index in [0.29, 0.717) is 26.4 Å². The maximum atomic E-state index is 13.2. The van der Waals surface area contributed by atoms with Crippen LogP contribution in [0.25, 0.3) is 16.8 Å². The fraction of sp³-hybridized carbons (Fsp3) is 0.100. The number of rotatable bonds is 8. The molecule has 1 saturated heterocycles. The number of benzene rings is 4. The zero-order valence-corrected chi connectivity index (χ0v) is 23.1. The molecular weight excluding hydrogens is 582 g/mol. The van der Waals surface area contributed by atoms with Crippen LogP contribution in [-0.4, -0.2) is 34.2 Å². The third kappa shape index (κ3) is 5.69. The standard InChI is InChI=1S/C30H22BrNO6S/c1-37-25-14-19(13-24(31)27(25)38-17-18-9-11-21(12-10-18)29(34)35)15-26-28(33)32(30(36)39-26)16-22-7-4-6-20-5-2-3-8-23(20)22/h2-15H,16-17H2,1H3,(H,34,35)/b26-15+. The predicted octanol–water partition coefficient (Wildman–Crippen LogP) is 7.12. The zero-order valence-electron chi connectivity index (χ0n) is 20.7. The van der Waals surface area contributed by atoms with E-state index in [0.717, 1.165) is 33.7 Å². The average Bonchev–Trinajstić information content (AvgIpc) is 3.19. The van der Waals surface area contributed by atoms with Crippen LogP contribution >= 0.6 is 27.7 Å². The van der Waals surface area contributed by atoms with Gasteiger partial charge in [0.2, 0.25) is 0 Å². The highest BCUT2D eigenvalue weighted by Gasteiger charge is 2.35. The summed E-state index contributed by atoms with van der Waals surface area (Å²) in [6.07, 6.45) is 1.66. The molecular formula is C30H22BrNO6S. The van der Waals surface area contributed by atoms with Gasteiger partial charge in [-0.2, -0.15) is 0 Å². The second kappa shape index (κ2) is 11.3. The number of ether oxygens (including phenoxy) is 2. The molecule has 1 fully saturated rings. The third-order valence-corrected chi connectivity index (χ3v) is 7.71. The highest BCUT2D eigenvalue weighted by atomic mass is 79.9. The molecule has 4 aromatic rings. The Kier molecular flexibility index (Phi) is 7.72. The van der Waals surface area contributed by atoms with Gasteiger partial charge in [-0.25, -0.2) is 4.79 Å². The summed E-state index contributed by atoms with van der Waals surface area (Å²) < 4.78 is 12.1. The van der Waals surface area contributed by atoms with E-state index in [4.69, 9.17) is 14.6 Å². The maximum absolute atomic E-state index is 13.2. The SMILES string of the molecule is COc1cc(/C=C2/SC(=O)N(Cc3cccc4ccccc34)C2=O)cc(Br)c1OCc1ccc(C(=O)O)cc1. The summed E-state index contributed by atoms with van der Waals surface area (Å²) >= 11 is 4.42. The van der Waals surface area contributed by atoms with Crippen molar-refractivity contribution in [1.82, 2.24) is 4.90 Å². The van der Waals surface area contributed by atoms with Crippen molar-refractivity contribution in [2.45, 2.75) is 13.2 Å². The molecule has 0 bridgehead atoms. The Balaban J connectivity index is 1.34. The molecule has 39 heavy (non-hydrogen) atoms. The number of amides is 2. The van der Waals surface area contributed by atoms with Gasteiger partial charge in [0.25, 0.3) is 11.1 Å². The number of carboxylic acids is 1. The first-order chi connectivity index (χ1) is 18.8. The number of carbonyl (C=O) groups is 3. The van der Waals surface area contributed by atoms with Crippen LogP contribution in [0.5, 0.6) is 11.5 Å². The fourth-order valence-electron chi connectivity index (χ4n) is 4.25. The van der Waals surface area contributed by atoms with Crippen molar-refractivity contribution in [1.29, 1.82) is 0 Å². The van der Waals surface area contributed by atoms with Gasteiger partial charge in [-0.1, -0.05) is 54.6 Å². The normalized spacial score (nSPS) is 14.3. The van der Waals surface area contributed by atoms with Crippen LogP contribution in [0.2, 0.25) is 0 Å². The lowest BCUT2D eigenvalue weighted by molar-refractivity contribution is -0.123. The number of hydrogen-bond acceptors (Lipinski definition) is 6. The molecule has 2 amide bonds.